The van der Waals surface area contributed by atoms with E-state index in [1.807, 2.05) is 11.7 Å². The van der Waals surface area contributed by atoms with Crippen LogP contribution < -0.4 is 5.32 Å². The van der Waals surface area contributed by atoms with Crippen LogP contribution >= 0.6 is 11.3 Å². The molecule has 0 aliphatic rings. The van der Waals surface area contributed by atoms with Gasteiger partial charge in [0.15, 0.2) is 0 Å². The Hall–Kier alpha value is -0.670. The zero-order chi connectivity index (χ0) is 8.65. The van der Waals surface area contributed by atoms with Gasteiger partial charge in [-0.3, -0.25) is 4.98 Å². The van der Waals surface area contributed by atoms with Crippen LogP contribution in [0.1, 0.15) is 18.2 Å². The summed E-state index contributed by atoms with van der Waals surface area (Å²) >= 11 is 1.66. The zero-order valence-corrected chi connectivity index (χ0v) is 8.10. The van der Waals surface area contributed by atoms with Gasteiger partial charge in [0.05, 0.1) is 5.51 Å². The summed E-state index contributed by atoms with van der Waals surface area (Å²) in [7, 11) is 0. The summed E-state index contributed by atoms with van der Waals surface area (Å²) < 4.78 is 0. The van der Waals surface area contributed by atoms with Gasteiger partial charge in [0.2, 0.25) is 0 Å². The summed E-state index contributed by atoms with van der Waals surface area (Å²) in [5, 5.41) is 3.29. The van der Waals surface area contributed by atoms with E-state index in [4.69, 9.17) is 0 Å². The van der Waals surface area contributed by atoms with Crippen LogP contribution in [0.2, 0.25) is 0 Å². The van der Waals surface area contributed by atoms with Crippen molar-refractivity contribution in [3.05, 3.63) is 22.7 Å². The predicted molar refractivity (Wildman–Crippen MR) is 54.3 cm³/mol. The lowest BCUT2D eigenvalue weighted by Crippen LogP contribution is -2.13. The quantitative estimate of drug-likeness (QED) is 0.706. The maximum atomic E-state index is 3.98. The topological polar surface area (TPSA) is 24.9 Å². The molecule has 0 aliphatic heterocycles. The molecule has 1 heterocycles. The van der Waals surface area contributed by atoms with Crippen LogP contribution in [0.5, 0.6) is 0 Å². The molecule has 0 fully saturated rings. The Morgan fingerprint density at radius 1 is 1.67 bits per heavy atom. The fourth-order valence-electron chi connectivity index (χ4n) is 0.845. The average molecular weight is 182 g/mol. The largest absolute Gasteiger partial charge is 0.313 e. The second kappa shape index (κ2) is 5.91. The zero-order valence-electron chi connectivity index (χ0n) is 7.29. The molecule has 1 rings (SSSR count). The minimum atomic E-state index is 0.950. The third-order valence-corrected chi connectivity index (χ3v) is 2.16. The summed E-state index contributed by atoms with van der Waals surface area (Å²) in [6, 6.07) is 0. The third-order valence-electron chi connectivity index (χ3n) is 1.42. The molecule has 0 saturated carbocycles. The molecular formula is C9H14N2S. The highest BCUT2D eigenvalue weighted by atomic mass is 32.1. The van der Waals surface area contributed by atoms with E-state index in [1.165, 1.54) is 11.3 Å². The van der Waals surface area contributed by atoms with Gasteiger partial charge in [-0.15, -0.1) is 11.3 Å². The number of thiazole rings is 1. The van der Waals surface area contributed by atoms with E-state index >= 15 is 0 Å². The summed E-state index contributed by atoms with van der Waals surface area (Å²) in [6.45, 7) is 4.21. The van der Waals surface area contributed by atoms with Crippen LogP contribution in [0.3, 0.4) is 0 Å². The van der Waals surface area contributed by atoms with Crippen LogP contribution in [0.4, 0.5) is 0 Å². The Labute approximate surface area is 77.3 Å². The van der Waals surface area contributed by atoms with Crippen LogP contribution in [-0.4, -0.2) is 18.1 Å². The minimum Gasteiger partial charge on any atom is -0.313 e. The van der Waals surface area contributed by atoms with Crippen molar-refractivity contribution < 1.29 is 0 Å². The first-order valence-electron chi connectivity index (χ1n) is 4.19. The molecule has 1 N–H and O–H groups in total. The van der Waals surface area contributed by atoms with Crippen molar-refractivity contribution in [3.63, 3.8) is 0 Å². The van der Waals surface area contributed by atoms with Crippen LogP contribution in [0.25, 0.3) is 6.08 Å². The number of nitrogens with one attached hydrogen (secondary N) is 1. The smallest absolute Gasteiger partial charge is 0.0797 e. The first-order valence-corrected chi connectivity index (χ1v) is 5.07. The van der Waals surface area contributed by atoms with Crippen molar-refractivity contribution in [2.24, 2.45) is 0 Å². The standard InChI is InChI=1S/C9H14N2S/c1-2-5-10-6-3-4-9-7-11-8-12-9/h3-4,7-8,10H,2,5-6H2,1H3/b4-3+. The molecule has 1 aromatic rings. The Bertz CT molecular complexity index is 216. The van der Waals surface area contributed by atoms with E-state index < -0.39 is 0 Å². The van der Waals surface area contributed by atoms with Crippen molar-refractivity contribution in [1.29, 1.82) is 0 Å². The van der Waals surface area contributed by atoms with Crippen molar-refractivity contribution >= 4 is 17.4 Å². The fraction of sp³-hybridized carbons (Fsp3) is 0.444. The molecule has 0 saturated heterocycles. The Kier molecular flexibility index (Phi) is 4.64. The van der Waals surface area contributed by atoms with Gasteiger partial charge in [-0.1, -0.05) is 13.0 Å². The number of hydrogen-bond donors (Lipinski definition) is 1. The lowest BCUT2D eigenvalue weighted by atomic mass is 10.4. The van der Waals surface area contributed by atoms with E-state index in [0.29, 0.717) is 0 Å². The van der Waals surface area contributed by atoms with Gasteiger partial charge in [0.25, 0.3) is 0 Å². The molecule has 2 nitrogen and oxygen atoms in total. The minimum absolute atomic E-state index is 0.950. The Balaban J connectivity index is 2.14. The highest BCUT2D eigenvalue weighted by molar-refractivity contribution is 7.10. The molecule has 0 amide bonds. The Morgan fingerprint density at radius 3 is 3.25 bits per heavy atom. The van der Waals surface area contributed by atoms with Gasteiger partial charge in [-0.2, -0.15) is 0 Å². The van der Waals surface area contributed by atoms with E-state index in [1.54, 1.807) is 11.3 Å². The van der Waals surface area contributed by atoms with Crippen LogP contribution in [0, 0.1) is 0 Å². The summed E-state index contributed by atoms with van der Waals surface area (Å²) in [5.74, 6) is 0. The SMILES string of the molecule is CCCNC/C=C/c1cncs1. The molecule has 0 atom stereocenters. The fourth-order valence-corrected chi connectivity index (χ4v) is 1.39. The van der Waals surface area contributed by atoms with E-state index in [0.717, 1.165) is 13.1 Å². The molecule has 0 aliphatic carbocycles. The Morgan fingerprint density at radius 2 is 2.58 bits per heavy atom. The van der Waals surface area contributed by atoms with Crippen LogP contribution in [-0.2, 0) is 0 Å². The first kappa shape index (κ1) is 9.42. The molecule has 66 valence electrons. The summed E-state index contributed by atoms with van der Waals surface area (Å²) in [6.07, 6.45) is 7.29. The van der Waals surface area contributed by atoms with Crippen molar-refractivity contribution in [3.8, 4) is 0 Å². The predicted octanol–water partition coefficient (Wildman–Crippen LogP) is 2.16. The lowest BCUT2D eigenvalue weighted by molar-refractivity contribution is 0.730. The molecule has 0 aromatic carbocycles. The highest BCUT2D eigenvalue weighted by Gasteiger charge is 1.85. The van der Waals surface area contributed by atoms with Gasteiger partial charge in [-0.05, 0) is 19.0 Å². The number of rotatable bonds is 5. The van der Waals surface area contributed by atoms with Gasteiger partial charge in [0.1, 0.15) is 0 Å². The lowest BCUT2D eigenvalue weighted by Gasteiger charge is -1.94. The van der Waals surface area contributed by atoms with Gasteiger partial charge < -0.3 is 5.32 Å². The monoisotopic (exact) mass is 182 g/mol. The third kappa shape index (κ3) is 3.64. The van der Waals surface area contributed by atoms with E-state index in [9.17, 15) is 0 Å². The van der Waals surface area contributed by atoms with Crippen molar-refractivity contribution in [2.75, 3.05) is 13.1 Å². The van der Waals surface area contributed by atoms with Gasteiger partial charge >= 0.3 is 0 Å². The van der Waals surface area contributed by atoms with Crippen molar-refractivity contribution in [2.45, 2.75) is 13.3 Å². The molecule has 0 spiro atoms. The molecule has 0 unspecified atom stereocenters. The summed E-state index contributed by atoms with van der Waals surface area (Å²) in [4.78, 5) is 5.20. The second-order valence-electron chi connectivity index (χ2n) is 2.51. The molecule has 12 heavy (non-hydrogen) atoms. The number of hydrogen-bond acceptors (Lipinski definition) is 3. The number of aromatic nitrogens is 1. The molecular weight excluding hydrogens is 168 g/mol. The normalized spacial score (nSPS) is 11.1. The van der Waals surface area contributed by atoms with Gasteiger partial charge in [-0.25, -0.2) is 0 Å². The average Bonchev–Trinajstić information content (AvgIpc) is 2.57. The molecule has 0 bridgehead atoms. The van der Waals surface area contributed by atoms with Crippen LogP contribution in [0.15, 0.2) is 17.8 Å². The summed E-state index contributed by atoms with van der Waals surface area (Å²) in [5.41, 5.74) is 1.85. The van der Waals surface area contributed by atoms with Crippen molar-refractivity contribution in [1.82, 2.24) is 10.3 Å². The highest BCUT2D eigenvalue weighted by Crippen LogP contribution is 2.06. The van der Waals surface area contributed by atoms with E-state index in [2.05, 4.69) is 29.4 Å². The molecule has 3 heteroatoms. The molecule has 0 radical (unpaired) electrons. The maximum absolute atomic E-state index is 3.98. The number of nitrogens with zero attached hydrogens (tertiary/aromatic N) is 1. The molecule has 1 aromatic heterocycles. The first-order chi connectivity index (χ1) is 5.93. The second-order valence-corrected chi connectivity index (χ2v) is 3.43. The van der Waals surface area contributed by atoms with Gasteiger partial charge in [0, 0.05) is 17.6 Å². The maximum Gasteiger partial charge on any atom is 0.0797 e. The van der Waals surface area contributed by atoms with E-state index in [-0.39, 0.29) is 0 Å².